The Morgan fingerprint density at radius 3 is 1.03 bits per heavy atom. The van der Waals surface area contributed by atoms with Crippen LogP contribution in [0.3, 0.4) is 0 Å². The monoisotopic (exact) mass is 516 g/mol. The summed E-state index contributed by atoms with van der Waals surface area (Å²) in [6.07, 6.45) is 0. The topological polar surface area (TPSA) is 64.6 Å². The molecule has 0 unspecified atom stereocenters. The van der Waals surface area contributed by atoms with Crippen LogP contribution in [0.5, 0.6) is 23.0 Å². The third-order valence-electron chi connectivity index (χ3n) is 5.93. The van der Waals surface area contributed by atoms with Crippen LogP contribution in [0.25, 0.3) is 0 Å². The van der Waals surface area contributed by atoms with Gasteiger partial charge >= 0.3 is 0 Å². The van der Waals surface area contributed by atoms with E-state index in [-0.39, 0.29) is 10.8 Å². The second kappa shape index (κ2) is 13.9. The van der Waals surface area contributed by atoms with Crippen molar-refractivity contribution >= 4 is 0 Å². The number of ether oxygens (including phenoxy) is 7. The lowest BCUT2D eigenvalue weighted by atomic mass is 9.87. The first-order valence-electron chi connectivity index (χ1n) is 13.2. The molecule has 0 atom stereocenters. The van der Waals surface area contributed by atoms with Gasteiger partial charge in [0.25, 0.3) is 0 Å². The van der Waals surface area contributed by atoms with Gasteiger partial charge in [0.2, 0.25) is 0 Å². The highest BCUT2D eigenvalue weighted by Gasteiger charge is 2.18. The van der Waals surface area contributed by atoms with Crippen LogP contribution >= 0.6 is 0 Å². The van der Waals surface area contributed by atoms with Crippen molar-refractivity contribution in [1.29, 1.82) is 0 Å². The first kappa shape index (κ1) is 29.1. The largest absolute Gasteiger partial charge is 0.487 e. The number of benzene rings is 2. The zero-order valence-electron chi connectivity index (χ0n) is 23.4. The van der Waals surface area contributed by atoms with E-state index in [1.54, 1.807) is 0 Å². The fourth-order valence-electron chi connectivity index (χ4n) is 3.68. The first-order valence-corrected chi connectivity index (χ1v) is 13.2. The van der Waals surface area contributed by atoms with Crippen molar-refractivity contribution in [2.45, 2.75) is 52.4 Å². The van der Waals surface area contributed by atoms with E-state index in [0.29, 0.717) is 89.1 Å². The van der Waals surface area contributed by atoms with Crippen molar-refractivity contribution in [3.05, 3.63) is 47.5 Å². The summed E-state index contributed by atoms with van der Waals surface area (Å²) in [7, 11) is 0. The highest BCUT2D eigenvalue weighted by atomic mass is 16.6. The third kappa shape index (κ3) is 9.72. The minimum atomic E-state index is 0.00787. The van der Waals surface area contributed by atoms with E-state index in [1.807, 2.05) is 24.3 Å². The van der Waals surface area contributed by atoms with Gasteiger partial charge in [-0.15, -0.1) is 0 Å². The molecule has 37 heavy (non-hydrogen) atoms. The lowest BCUT2D eigenvalue weighted by Crippen LogP contribution is -2.15. The molecule has 1 heterocycles. The van der Waals surface area contributed by atoms with Crippen molar-refractivity contribution in [1.82, 2.24) is 0 Å². The zero-order valence-corrected chi connectivity index (χ0v) is 23.4. The number of fused-ring (bicyclic) bond motifs is 2. The summed E-state index contributed by atoms with van der Waals surface area (Å²) in [4.78, 5) is 0. The SMILES string of the molecule is CC(C)(C)c1ccc2c(c1)OCCOCCOCCOc1cc(C(C)(C)C)ccc1OCCOCCO2. The molecule has 0 N–H and O–H groups in total. The zero-order chi connectivity index (χ0) is 26.7. The van der Waals surface area contributed by atoms with Gasteiger partial charge in [0.05, 0.1) is 39.6 Å². The molecule has 206 valence electrons. The molecule has 2 aromatic carbocycles. The van der Waals surface area contributed by atoms with Gasteiger partial charge in [-0.05, 0) is 46.2 Å². The normalized spacial score (nSPS) is 17.5. The van der Waals surface area contributed by atoms with Crippen molar-refractivity contribution in [2.75, 3.05) is 66.1 Å². The Morgan fingerprint density at radius 2 is 0.703 bits per heavy atom. The van der Waals surface area contributed by atoms with E-state index in [0.717, 1.165) is 0 Å². The van der Waals surface area contributed by atoms with E-state index in [9.17, 15) is 0 Å². The van der Waals surface area contributed by atoms with Gasteiger partial charge < -0.3 is 33.2 Å². The van der Waals surface area contributed by atoms with Crippen LogP contribution < -0.4 is 18.9 Å². The maximum atomic E-state index is 6.02. The Morgan fingerprint density at radius 1 is 0.405 bits per heavy atom. The Balaban J connectivity index is 1.63. The van der Waals surface area contributed by atoms with Gasteiger partial charge in [-0.25, -0.2) is 0 Å². The Bertz CT molecular complexity index is 882. The summed E-state index contributed by atoms with van der Waals surface area (Å²) in [6.45, 7) is 17.5. The summed E-state index contributed by atoms with van der Waals surface area (Å²) in [5, 5.41) is 0. The fraction of sp³-hybridized carbons (Fsp3) is 0.600. The Kier molecular flexibility index (Phi) is 10.9. The predicted molar refractivity (Wildman–Crippen MR) is 145 cm³/mol. The Labute approximate surface area is 222 Å². The summed E-state index contributed by atoms with van der Waals surface area (Å²) in [6, 6.07) is 12.2. The molecule has 1 aliphatic heterocycles. The maximum Gasteiger partial charge on any atom is 0.161 e. The Hall–Kier alpha value is -2.48. The number of rotatable bonds is 0. The highest BCUT2D eigenvalue weighted by Crippen LogP contribution is 2.34. The molecule has 2 aromatic rings. The molecular formula is C30H44O7. The van der Waals surface area contributed by atoms with Crippen molar-refractivity contribution in [2.24, 2.45) is 0 Å². The molecule has 0 saturated carbocycles. The number of hydrogen-bond donors (Lipinski definition) is 0. The van der Waals surface area contributed by atoms with E-state index in [4.69, 9.17) is 33.2 Å². The van der Waals surface area contributed by atoms with Crippen LogP contribution in [-0.4, -0.2) is 66.1 Å². The highest BCUT2D eigenvalue weighted by molar-refractivity contribution is 5.45. The van der Waals surface area contributed by atoms with E-state index in [1.165, 1.54) is 11.1 Å². The molecule has 0 fully saturated rings. The molecule has 0 saturated heterocycles. The van der Waals surface area contributed by atoms with Gasteiger partial charge in [-0.2, -0.15) is 0 Å². The standard InChI is InChI=1S/C30H44O7/c1-29(2,3)23-7-9-25-27(21-23)36-19-15-31-11-12-32-16-20-37-28-22-24(30(4,5)6)8-10-26(28)35-18-14-33-13-17-34-25/h7-10,21-22H,11-20H2,1-6H3. The second-order valence-electron chi connectivity index (χ2n) is 11.1. The van der Waals surface area contributed by atoms with Gasteiger partial charge in [0.15, 0.2) is 23.0 Å². The van der Waals surface area contributed by atoms with Gasteiger partial charge in [-0.3, -0.25) is 0 Å². The quantitative estimate of drug-likeness (QED) is 0.454. The van der Waals surface area contributed by atoms with E-state index in [2.05, 4.69) is 53.7 Å². The third-order valence-corrected chi connectivity index (χ3v) is 5.93. The molecule has 3 rings (SSSR count). The molecule has 0 aromatic heterocycles. The summed E-state index contributed by atoms with van der Waals surface area (Å²) in [5.74, 6) is 2.82. The molecule has 1 aliphatic rings. The minimum absolute atomic E-state index is 0.00787. The molecule has 0 spiro atoms. The second-order valence-corrected chi connectivity index (χ2v) is 11.1. The lowest BCUT2D eigenvalue weighted by molar-refractivity contribution is 0.0268. The average Bonchev–Trinajstić information content (AvgIpc) is 2.83. The van der Waals surface area contributed by atoms with Crippen molar-refractivity contribution < 1.29 is 33.2 Å². The van der Waals surface area contributed by atoms with Gasteiger partial charge in [0, 0.05) is 0 Å². The smallest absolute Gasteiger partial charge is 0.161 e. The minimum Gasteiger partial charge on any atom is -0.487 e. The molecule has 0 bridgehead atoms. The molecule has 0 radical (unpaired) electrons. The van der Waals surface area contributed by atoms with Gasteiger partial charge in [0.1, 0.15) is 26.4 Å². The fourth-order valence-corrected chi connectivity index (χ4v) is 3.68. The van der Waals surface area contributed by atoms with Crippen LogP contribution in [0.4, 0.5) is 0 Å². The van der Waals surface area contributed by atoms with Crippen LogP contribution in [-0.2, 0) is 25.0 Å². The van der Waals surface area contributed by atoms with Gasteiger partial charge in [-0.1, -0.05) is 53.7 Å². The summed E-state index contributed by atoms with van der Waals surface area (Å²) >= 11 is 0. The lowest BCUT2D eigenvalue weighted by Gasteiger charge is -2.22. The molecule has 7 nitrogen and oxygen atoms in total. The van der Waals surface area contributed by atoms with E-state index < -0.39 is 0 Å². The molecule has 0 amide bonds. The van der Waals surface area contributed by atoms with Crippen LogP contribution in [0.1, 0.15) is 52.7 Å². The van der Waals surface area contributed by atoms with E-state index >= 15 is 0 Å². The maximum absolute atomic E-state index is 6.02. The first-order chi connectivity index (χ1) is 17.6. The molecule has 7 heteroatoms. The average molecular weight is 517 g/mol. The summed E-state index contributed by atoms with van der Waals surface area (Å²) < 4.78 is 41.1. The number of hydrogen-bond acceptors (Lipinski definition) is 7. The molecule has 0 aliphatic carbocycles. The van der Waals surface area contributed by atoms with Crippen LogP contribution in [0.15, 0.2) is 36.4 Å². The van der Waals surface area contributed by atoms with Crippen molar-refractivity contribution in [3.63, 3.8) is 0 Å². The predicted octanol–water partition coefficient (Wildman–Crippen LogP) is 5.56. The molecular weight excluding hydrogens is 472 g/mol. The van der Waals surface area contributed by atoms with Crippen LogP contribution in [0, 0.1) is 0 Å². The van der Waals surface area contributed by atoms with Crippen molar-refractivity contribution in [3.8, 4) is 23.0 Å². The van der Waals surface area contributed by atoms with Crippen LogP contribution in [0.2, 0.25) is 0 Å². The summed E-state index contributed by atoms with van der Waals surface area (Å²) in [5.41, 5.74) is 2.38.